The van der Waals surface area contributed by atoms with Crippen molar-refractivity contribution in [3.05, 3.63) is 98.4 Å². The molecule has 31 heavy (non-hydrogen) atoms. The monoisotopic (exact) mass is 433 g/mol. The van der Waals surface area contributed by atoms with Crippen molar-refractivity contribution in [2.75, 3.05) is 5.32 Å². The summed E-state index contributed by atoms with van der Waals surface area (Å²) in [6.45, 7) is 3.60. The molecule has 0 fully saturated rings. The van der Waals surface area contributed by atoms with Crippen LogP contribution >= 0.6 is 11.3 Å². The number of benzene rings is 2. The van der Waals surface area contributed by atoms with Crippen LogP contribution in [-0.2, 0) is 11.3 Å². The quantitative estimate of drug-likeness (QED) is 0.481. The smallest absolute Gasteiger partial charge is 0.338 e. The molecule has 7 nitrogen and oxygen atoms in total. The number of aromatic nitrogens is 2. The van der Waals surface area contributed by atoms with E-state index in [1.54, 1.807) is 30.3 Å². The van der Waals surface area contributed by atoms with E-state index < -0.39 is 5.97 Å². The molecule has 4 aromatic rings. The van der Waals surface area contributed by atoms with Crippen molar-refractivity contribution in [2.45, 2.75) is 20.5 Å². The molecule has 0 bridgehead atoms. The Morgan fingerprint density at radius 1 is 1.10 bits per heavy atom. The van der Waals surface area contributed by atoms with Crippen molar-refractivity contribution in [3.8, 4) is 0 Å². The number of nitrogens with one attached hydrogen (secondary N) is 1. The summed E-state index contributed by atoms with van der Waals surface area (Å²) in [5.74, 6) is -0.758. The van der Waals surface area contributed by atoms with Crippen LogP contribution in [0.25, 0.3) is 4.96 Å². The van der Waals surface area contributed by atoms with Crippen LogP contribution in [0.3, 0.4) is 0 Å². The van der Waals surface area contributed by atoms with E-state index in [1.807, 2.05) is 37.4 Å². The Balaban J connectivity index is 1.40. The number of esters is 1. The molecule has 8 heteroatoms. The summed E-state index contributed by atoms with van der Waals surface area (Å²) >= 11 is 1.36. The molecule has 1 N–H and O–H groups in total. The summed E-state index contributed by atoms with van der Waals surface area (Å²) in [7, 11) is 0. The van der Waals surface area contributed by atoms with Crippen molar-refractivity contribution in [2.24, 2.45) is 0 Å². The first-order valence-corrected chi connectivity index (χ1v) is 10.4. The van der Waals surface area contributed by atoms with Crippen molar-refractivity contribution in [1.29, 1.82) is 0 Å². The average molecular weight is 433 g/mol. The molecule has 0 aliphatic heterocycles. The fourth-order valence-electron chi connectivity index (χ4n) is 3.11. The zero-order chi connectivity index (χ0) is 22.0. The number of anilines is 1. The number of hydrogen-bond donors (Lipinski definition) is 1. The van der Waals surface area contributed by atoms with Crippen LogP contribution in [0.15, 0.2) is 64.8 Å². The van der Waals surface area contributed by atoms with Crippen LogP contribution in [0.1, 0.15) is 37.7 Å². The minimum absolute atomic E-state index is 0.104. The highest BCUT2D eigenvalue weighted by Gasteiger charge is 2.12. The Labute approximate surface area is 182 Å². The number of thiazole rings is 1. The second-order valence-corrected chi connectivity index (χ2v) is 7.84. The summed E-state index contributed by atoms with van der Waals surface area (Å²) in [5.41, 5.74) is 3.37. The van der Waals surface area contributed by atoms with Gasteiger partial charge in [-0.3, -0.25) is 14.0 Å². The number of hydrogen-bond acceptors (Lipinski definition) is 6. The molecular weight excluding hydrogens is 414 g/mol. The van der Waals surface area contributed by atoms with Crippen LogP contribution < -0.4 is 10.9 Å². The Morgan fingerprint density at radius 2 is 1.84 bits per heavy atom. The van der Waals surface area contributed by atoms with E-state index in [-0.39, 0.29) is 18.1 Å². The lowest BCUT2D eigenvalue weighted by atomic mass is 10.1. The third-order valence-electron chi connectivity index (χ3n) is 4.75. The van der Waals surface area contributed by atoms with Gasteiger partial charge in [0.2, 0.25) is 0 Å². The predicted molar refractivity (Wildman–Crippen MR) is 119 cm³/mol. The number of carbonyl (C=O) groups is 2. The number of aryl methyl sites for hydroxylation is 2. The maximum atomic E-state index is 12.4. The normalized spacial score (nSPS) is 10.8. The van der Waals surface area contributed by atoms with Gasteiger partial charge in [0.1, 0.15) is 6.61 Å². The van der Waals surface area contributed by atoms with Gasteiger partial charge in [-0.25, -0.2) is 9.78 Å². The number of rotatable bonds is 5. The molecule has 0 saturated heterocycles. The van der Waals surface area contributed by atoms with Crippen LogP contribution in [0.2, 0.25) is 0 Å². The molecule has 0 unspecified atom stereocenters. The molecule has 1 amide bonds. The summed E-state index contributed by atoms with van der Waals surface area (Å²) in [6.07, 6.45) is 0. The second kappa shape index (κ2) is 8.53. The van der Waals surface area contributed by atoms with Gasteiger partial charge >= 0.3 is 5.97 Å². The number of fused-ring (bicyclic) bond motifs is 1. The topological polar surface area (TPSA) is 89.8 Å². The summed E-state index contributed by atoms with van der Waals surface area (Å²) in [4.78, 5) is 41.9. The van der Waals surface area contributed by atoms with Gasteiger partial charge in [0.25, 0.3) is 11.5 Å². The molecule has 0 aliphatic carbocycles. The number of amides is 1. The molecule has 156 valence electrons. The standard InChI is InChI=1S/C23H19N3O4S/c1-14-5-3-4-6-19(14)21(28)24-17-9-7-16(8-10-17)22(29)30-12-18-11-20(27)26-15(2)13-31-23(26)25-18/h3-11,13H,12H2,1-2H3,(H,24,28). The minimum Gasteiger partial charge on any atom is -0.456 e. The Bertz CT molecular complexity index is 1340. The first kappa shape index (κ1) is 20.5. The zero-order valence-corrected chi connectivity index (χ0v) is 17.7. The minimum atomic E-state index is -0.541. The second-order valence-electron chi connectivity index (χ2n) is 7.00. The molecule has 0 spiro atoms. The van der Waals surface area contributed by atoms with Gasteiger partial charge in [-0.15, -0.1) is 11.3 Å². The van der Waals surface area contributed by atoms with E-state index in [0.29, 0.717) is 27.5 Å². The van der Waals surface area contributed by atoms with Crippen LogP contribution in [0.4, 0.5) is 5.69 Å². The Kier molecular flexibility index (Phi) is 5.64. The highest BCUT2D eigenvalue weighted by molar-refractivity contribution is 7.15. The number of ether oxygens (including phenoxy) is 1. The Hall–Kier alpha value is -3.78. The van der Waals surface area contributed by atoms with Crippen molar-refractivity contribution >= 4 is 33.9 Å². The fraction of sp³-hybridized carbons (Fsp3) is 0.130. The predicted octanol–water partition coefficient (Wildman–Crippen LogP) is 3.98. The number of carbonyl (C=O) groups excluding carboxylic acids is 2. The van der Waals surface area contributed by atoms with Crippen molar-refractivity contribution in [1.82, 2.24) is 9.38 Å². The third kappa shape index (κ3) is 4.39. The molecule has 2 heterocycles. The molecule has 0 radical (unpaired) electrons. The highest BCUT2D eigenvalue weighted by atomic mass is 32.1. The molecule has 0 saturated carbocycles. The van der Waals surface area contributed by atoms with E-state index in [2.05, 4.69) is 10.3 Å². The molecule has 0 aliphatic rings. The van der Waals surface area contributed by atoms with Crippen LogP contribution in [0.5, 0.6) is 0 Å². The molecular formula is C23H19N3O4S. The average Bonchev–Trinajstić information content (AvgIpc) is 3.14. The van der Waals surface area contributed by atoms with E-state index in [4.69, 9.17) is 4.74 Å². The SMILES string of the molecule is Cc1ccccc1C(=O)Nc1ccc(C(=O)OCc2cc(=O)n3c(C)csc3n2)cc1. The molecule has 2 aromatic carbocycles. The van der Waals surface area contributed by atoms with Gasteiger partial charge < -0.3 is 10.1 Å². The molecule has 4 rings (SSSR count). The Morgan fingerprint density at radius 3 is 2.58 bits per heavy atom. The van der Waals surface area contributed by atoms with Crippen molar-refractivity contribution in [3.63, 3.8) is 0 Å². The van der Waals surface area contributed by atoms with Crippen molar-refractivity contribution < 1.29 is 14.3 Å². The first-order valence-electron chi connectivity index (χ1n) is 9.53. The third-order valence-corrected chi connectivity index (χ3v) is 5.69. The maximum absolute atomic E-state index is 12.4. The van der Waals surface area contributed by atoms with E-state index >= 15 is 0 Å². The maximum Gasteiger partial charge on any atom is 0.338 e. The van der Waals surface area contributed by atoms with E-state index in [1.165, 1.54) is 21.8 Å². The molecule has 2 aromatic heterocycles. The van der Waals surface area contributed by atoms with E-state index in [9.17, 15) is 14.4 Å². The summed E-state index contributed by atoms with van der Waals surface area (Å²) in [5, 5.41) is 4.66. The van der Waals surface area contributed by atoms with Gasteiger partial charge in [0.05, 0.1) is 11.3 Å². The van der Waals surface area contributed by atoms with Gasteiger partial charge in [-0.2, -0.15) is 0 Å². The lowest BCUT2D eigenvalue weighted by Crippen LogP contribution is -2.16. The summed E-state index contributed by atoms with van der Waals surface area (Å²) in [6, 6.07) is 15.1. The van der Waals surface area contributed by atoms with Gasteiger partial charge in [-0.1, -0.05) is 18.2 Å². The fourth-order valence-corrected chi connectivity index (χ4v) is 4.00. The highest BCUT2D eigenvalue weighted by Crippen LogP contribution is 2.15. The zero-order valence-electron chi connectivity index (χ0n) is 16.9. The van der Waals surface area contributed by atoms with Gasteiger partial charge in [0.15, 0.2) is 4.96 Å². The lowest BCUT2D eigenvalue weighted by molar-refractivity contribution is 0.0467. The lowest BCUT2D eigenvalue weighted by Gasteiger charge is -2.09. The van der Waals surface area contributed by atoms with Crippen LogP contribution in [-0.4, -0.2) is 21.3 Å². The number of nitrogens with zero attached hydrogens (tertiary/aromatic N) is 2. The summed E-state index contributed by atoms with van der Waals surface area (Å²) < 4.78 is 6.81. The van der Waals surface area contributed by atoms with Gasteiger partial charge in [-0.05, 0) is 49.7 Å². The molecule has 0 atom stereocenters. The largest absolute Gasteiger partial charge is 0.456 e. The van der Waals surface area contributed by atoms with Gasteiger partial charge in [0, 0.05) is 28.4 Å². The van der Waals surface area contributed by atoms with Crippen LogP contribution in [0, 0.1) is 13.8 Å². The first-order chi connectivity index (χ1) is 14.9. The van der Waals surface area contributed by atoms with E-state index in [0.717, 1.165) is 11.3 Å².